The van der Waals surface area contributed by atoms with Gasteiger partial charge in [0.15, 0.2) is 0 Å². The fourth-order valence-electron chi connectivity index (χ4n) is 4.32. The summed E-state index contributed by atoms with van der Waals surface area (Å²) in [6.45, 7) is 15.8. The van der Waals surface area contributed by atoms with Crippen LogP contribution in [0.3, 0.4) is 0 Å². The van der Waals surface area contributed by atoms with Crippen molar-refractivity contribution in [1.82, 2.24) is 30.0 Å². The average Bonchev–Trinajstić information content (AvgIpc) is 3.40. The van der Waals surface area contributed by atoms with Crippen LogP contribution in [0.4, 0.5) is 0 Å². The standard InChI is InChI=1S/C28H53IN6/c1-24(2)14-10-13-19-34-22-26(30-32-34)20-25(3)15-17-29(7)16-11-8-9-12-18-35-23-27(31-33-35)21-28(4,5)6/h22-25H,8-21H2,1-7H3/t25-/m1/s1. The van der Waals surface area contributed by atoms with E-state index >= 15 is 0 Å². The molecule has 0 aliphatic rings. The molecule has 6 nitrogen and oxygen atoms in total. The molecule has 0 saturated heterocycles. The first-order chi connectivity index (χ1) is 16.6. The molecule has 202 valence electrons. The van der Waals surface area contributed by atoms with E-state index < -0.39 is 19.8 Å². The molecule has 35 heavy (non-hydrogen) atoms. The van der Waals surface area contributed by atoms with Gasteiger partial charge in [0.2, 0.25) is 0 Å². The fourth-order valence-corrected chi connectivity index (χ4v) is 8.82. The van der Waals surface area contributed by atoms with E-state index in [9.17, 15) is 0 Å². The first kappa shape index (κ1) is 30.2. The fraction of sp³-hybridized carbons (Fsp3) is 0.857. The van der Waals surface area contributed by atoms with Crippen LogP contribution in [0.1, 0.15) is 104 Å². The second-order valence-corrected chi connectivity index (χ2v) is 18.5. The molecule has 0 saturated carbocycles. The van der Waals surface area contributed by atoms with E-state index in [1.165, 1.54) is 65.9 Å². The monoisotopic (exact) mass is 600 g/mol. The number of unbranched alkanes of at least 4 members (excludes halogenated alkanes) is 4. The van der Waals surface area contributed by atoms with E-state index in [1.54, 1.807) is 0 Å². The van der Waals surface area contributed by atoms with Crippen LogP contribution < -0.4 is 0 Å². The minimum atomic E-state index is -0.765. The van der Waals surface area contributed by atoms with E-state index in [1.807, 2.05) is 4.68 Å². The molecule has 0 aromatic carbocycles. The van der Waals surface area contributed by atoms with Crippen LogP contribution >= 0.6 is 19.8 Å². The molecule has 0 unspecified atom stereocenters. The molecule has 0 N–H and O–H groups in total. The van der Waals surface area contributed by atoms with Gasteiger partial charge in [-0.2, -0.15) is 0 Å². The first-order valence-electron chi connectivity index (χ1n) is 13.9. The molecule has 2 rings (SSSR count). The number of hydrogen-bond donors (Lipinski definition) is 0. The molecule has 0 radical (unpaired) electrons. The number of hydrogen-bond acceptors (Lipinski definition) is 4. The summed E-state index contributed by atoms with van der Waals surface area (Å²) in [7, 11) is 0. The van der Waals surface area contributed by atoms with Crippen LogP contribution in [0.2, 0.25) is 0 Å². The van der Waals surface area contributed by atoms with Gasteiger partial charge in [-0.3, -0.25) is 0 Å². The first-order valence-corrected chi connectivity index (χ1v) is 19.1. The summed E-state index contributed by atoms with van der Waals surface area (Å²) in [5.74, 6) is 1.51. The van der Waals surface area contributed by atoms with Gasteiger partial charge >= 0.3 is 210 Å². The summed E-state index contributed by atoms with van der Waals surface area (Å²) in [5.41, 5.74) is 2.57. The van der Waals surface area contributed by atoms with Gasteiger partial charge in [-0.15, -0.1) is 0 Å². The number of halogens is 1. The predicted octanol–water partition coefficient (Wildman–Crippen LogP) is 7.25. The Kier molecular flexibility index (Phi) is 13.8. The van der Waals surface area contributed by atoms with Crippen molar-refractivity contribution in [2.24, 2.45) is 17.3 Å². The molecule has 0 amide bonds. The Morgan fingerprint density at radius 1 is 0.771 bits per heavy atom. The maximum atomic E-state index is 4.43. The molecule has 1 atom stereocenters. The molecular formula is C28H53IN6. The zero-order chi connectivity index (χ0) is 25.7. The van der Waals surface area contributed by atoms with Gasteiger partial charge in [0.1, 0.15) is 0 Å². The van der Waals surface area contributed by atoms with Crippen LogP contribution in [0.15, 0.2) is 12.4 Å². The summed E-state index contributed by atoms with van der Waals surface area (Å²) in [5, 5.41) is 17.4. The molecular weight excluding hydrogens is 547 g/mol. The van der Waals surface area contributed by atoms with Crippen molar-refractivity contribution in [3.63, 3.8) is 0 Å². The summed E-state index contributed by atoms with van der Waals surface area (Å²) < 4.78 is 7.06. The van der Waals surface area contributed by atoms with E-state index in [0.717, 1.165) is 37.5 Å². The van der Waals surface area contributed by atoms with E-state index in [4.69, 9.17) is 0 Å². The number of aryl methyl sites for hydroxylation is 2. The van der Waals surface area contributed by atoms with E-state index in [-0.39, 0.29) is 5.41 Å². The van der Waals surface area contributed by atoms with Crippen molar-refractivity contribution in [2.75, 3.05) is 13.8 Å². The molecule has 0 fully saturated rings. The van der Waals surface area contributed by atoms with Gasteiger partial charge in [0.25, 0.3) is 0 Å². The van der Waals surface area contributed by atoms with Gasteiger partial charge < -0.3 is 0 Å². The maximum absolute atomic E-state index is 4.43. The SMILES string of the molecule is CC(C)CCCCn1cc(C[C@H](C)CCI(C)CCCCCCn2cc(CC(C)(C)C)nn2)nn1. The number of alkyl halides is 3. The Balaban J connectivity index is 1.50. The second kappa shape index (κ2) is 16.0. The van der Waals surface area contributed by atoms with Gasteiger partial charge in [-0.25, -0.2) is 0 Å². The van der Waals surface area contributed by atoms with Crippen molar-refractivity contribution < 1.29 is 0 Å². The molecule has 2 aromatic heterocycles. The van der Waals surface area contributed by atoms with Gasteiger partial charge in [-0.1, -0.05) is 13.8 Å². The van der Waals surface area contributed by atoms with Crippen LogP contribution in [0, 0.1) is 17.3 Å². The number of rotatable bonds is 18. The molecule has 0 aliphatic carbocycles. The minimum absolute atomic E-state index is 0.270. The average molecular weight is 601 g/mol. The predicted molar refractivity (Wildman–Crippen MR) is 158 cm³/mol. The molecule has 2 aromatic rings. The zero-order valence-electron chi connectivity index (χ0n) is 23.8. The number of nitrogens with zero attached hydrogens (tertiary/aromatic N) is 6. The normalized spacial score (nSPS) is 13.5. The third kappa shape index (κ3) is 14.4. The van der Waals surface area contributed by atoms with E-state index in [2.05, 4.69) is 84.2 Å². The van der Waals surface area contributed by atoms with Gasteiger partial charge in [0.05, 0.1) is 0 Å². The molecule has 0 bridgehead atoms. The third-order valence-corrected chi connectivity index (χ3v) is 11.4. The van der Waals surface area contributed by atoms with Crippen molar-refractivity contribution >= 4 is 19.8 Å². The zero-order valence-corrected chi connectivity index (χ0v) is 25.9. The van der Waals surface area contributed by atoms with Crippen LogP contribution in [0.5, 0.6) is 0 Å². The van der Waals surface area contributed by atoms with Crippen LogP contribution in [-0.2, 0) is 25.9 Å². The van der Waals surface area contributed by atoms with Crippen LogP contribution in [-0.4, -0.2) is 43.8 Å². The van der Waals surface area contributed by atoms with Crippen molar-refractivity contribution in [1.29, 1.82) is 0 Å². The summed E-state index contributed by atoms with van der Waals surface area (Å²) in [6.07, 6.45) is 16.8. The van der Waals surface area contributed by atoms with Gasteiger partial charge in [-0.05, 0) is 0 Å². The molecule has 0 aliphatic heterocycles. The number of aromatic nitrogens is 6. The van der Waals surface area contributed by atoms with Crippen molar-refractivity contribution in [3.05, 3.63) is 23.8 Å². The Bertz CT molecular complexity index is 806. The Labute approximate surface area is 222 Å². The van der Waals surface area contributed by atoms with Crippen molar-refractivity contribution in [2.45, 2.75) is 119 Å². The Morgan fingerprint density at radius 2 is 1.37 bits per heavy atom. The second-order valence-electron chi connectivity index (χ2n) is 12.2. The summed E-state index contributed by atoms with van der Waals surface area (Å²) in [4.78, 5) is 2.58. The summed E-state index contributed by atoms with van der Waals surface area (Å²) >= 11 is -0.765. The molecule has 2 heterocycles. The van der Waals surface area contributed by atoms with Gasteiger partial charge in [0, 0.05) is 0 Å². The quantitative estimate of drug-likeness (QED) is 0.103. The Hall–Kier alpha value is -0.990. The van der Waals surface area contributed by atoms with Crippen LogP contribution in [0.25, 0.3) is 0 Å². The van der Waals surface area contributed by atoms with E-state index in [0.29, 0.717) is 5.92 Å². The van der Waals surface area contributed by atoms with Crippen molar-refractivity contribution in [3.8, 4) is 0 Å². The Morgan fingerprint density at radius 3 is 2.03 bits per heavy atom. The molecule has 7 heteroatoms. The molecule has 0 spiro atoms. The topological polar surface area (TPSA) is 61.4 Å². The third-order valence-electron chi connectivity index (χ3n) is 6.38. The summed E-state index contributed by atoms with van der Waals surface area (Å²) in [6, 6.07) is 0.